The van der Waals surface area contributed by atoms with Crippen molar-refractivity contribution in [1.29, 1.82) is 0 Å². The van der Waals surface area contributed by atoms with E-state index in [0.717, 1.165) is 55.1 Å². The molecule has 1 N–H and O–H groups in total. The van der Waals surface area contributed by atoms with Crippen LogP contribution in [0.5, 0.6) is 0 Å². The van der Waals surface area contributed by atoms with Crippen molar-refractivity contribution >= 4 is 16.7 Å². The fourth-order valence-corrected chi connectivity index (χ4v) is 3.31. The molecule has 0 amide bonds. The fourth-order valence-electron chi connectivity index (χ4n) is 3.31. The van der Waals surface area contributed by atoms with E-state index in [0.29, 0.717) is 0 Å². The van der Waals surface area contributed by atoms with Gasteiger partial charge in [0, 0.05) is 44.6 Å². The monoisotopic (exact) mass is 324 g/mol. The molecule has 126 valence electrons. The zero-order chi connectivity index (χ0) is 16.7. The SMILES string of the molecule is CCn1cc(-c2nc3c(C)cc(N4CCN(C)CC4)cc3[nH]2)cn1. The number of hydrogen-bond acceptors (Lipinski definition) is 4. The van der Waals surface area contributed by atoms with E-state index in [9.17, 15) is 0 Å². The Labute approximate surface area is 142 Å². The number of anilines is 1. The number of piperazine rings is 1. The van der Waals surface area contributed by atoms with Crippen molar-refractivity contribution in [3.63, 3.8) is 0 Å². The van der Waals surface area contributed by atoms with Crippen molar-refractivity contribution in [2.24, 2.45) is 0 Å². The summed E-state index contributed by atoms with van der Waals surface area (Å²) in [5.74, 6) is 0.892. The van der Waals surface area contributed by atoms with Crippen LogP contribution >= 0.6 is 0 Å². The van der Waals surface area contributed by atoms with Crippen molar-refractivity contribution in [1.82, 2.24) is 24.6 Å². The molecule has 6 heteroatoms. The first-order valence-electron chi connectivity index (χ1n) is 8.60. The number of nitrogens with one attached hydrogen (secondary N) is 1. The summed E-state index contributed by atoms with van der Waals surface area (Å²) >= 11 is 0. The summed E-state index contributed by atoms with van der Waals surface area (Å²) in [6.45, 7) is 9.47. The van der Waals surface area contributed by atoms with Crippen molar-refractivity contribution in [2.75, 3.05) is 38.1 Å². The Hall–Kier alpha value is -2.34. The van der Waals surface area contributed by atoms with Gasteiger partial charge in [-0.3, -0.25) is 4.68 Å². The van der Waals surface area contributed by atoms with Crippen LogP contribution in [0, 0.1) is 6.92 Å². The van der Waals surface area contributed by atoms with E-state index in [1.807, 2.05) is 17.1 Å². The van der Waals surface area contributed by atoms with Gasteiger partial charge in [0.2, 0.25) is 0 Å². The Bertz CT molecular complexity index is 854. The maximum Gasteiger partial charge on any atom is 0.141 e. The molecule has 0 saturated carbocycles. The zero-order valence-corrected chi connectivity index (χ0v) is 14.6. The Kier molecular flexibility index (Phi) is 3.76. The van der Waals surface area contributed by atoms with Crippen LogP contribution in [0.2, 0.25) is 0 Å². The van der Waals surface area contributed by atoms with Gasteiger partial charge >= 0.3 is 0 Å². The largest absolute Gasteiger partial charge is 0.369 e. The Morgan fingerprint density at radius 1 is 1.17 bits per heavy atom. The number of nitrogens with zero attached hydrogens (tertiary/aromatic N) is 5. The number of benzene rings is 1. The van der Waals surface area contributed by atoms with Gasteiger partial charge in [-0.05, 0) is 38.6 Å². The molecule has 3 aromatic rings. The second-order valence-corrected chi connectivity index (χ2v) is 6.62. The normalized spacial score (nSPS) is 16.2. The van der Waals surface area contributed by atoms with E-state index in [1.165, 1.54) is 11.3 Å². The van der Waals surface area contributed by atoms with Crippen molar-refractivity contribution in [3.8, 4) is 11.4 Å². The lowest BCUT2D eigenvalue weighted by Gasteiger charge is -2.34. The molecule has 1 aliphatic rings. The van der Waals surface area contributed by atoms with Gasteiger partial charge < -0.3 is 14.8 Å². The third-order valence-electron chi connectivity index (χ3n) is 4.86. The van der Waals surface area contributed by atoms with Crippen LogP contribution in [0.3, 0.4) is 0 Å². The van der Waals surface area contributed by atoms with Crippen molar-refractivity contribution in [2.45, 2.75) is 20.4 Å². The Balaban J connectivity index is 1.70. The molecule has 1 fully saturated rings. The highest BCUT2D eigenvalue weighted by atomic mass is 15.3. The number of aromatic amines is 1. The molecule has 1 saturated heterocycles. The summed E-state index contributed by atoms with van der Waals surface area (Å²) in [6.07, 6.45) is 3.91. The van der Waals surface area contributed by atoms with Gasteiger partial charge in [0.05, 0.1) is 22.8 Å². The summed E-state index contributed by atoms with van der Waals surface area (Å²) < 4.78 is 1.92. The first kappa shape index (κ1) is 15.2. The first-order valence-corrected chi connectivity index (χ1v) is 8.60. The molecule has 0 aliphatic carbocycles. The van der Waals surface area contributed by atoms with Gasteiger partial charge in [-0.1, -0.05) is 0 Å². The highest BCUT2D eigenvalue weighted by Crippen LogP contribution is 2.28. The first-order chi connectivity index (χ1) is 11.6. The number of aryl methyl sites for hydroxylation is 2. The summed E-state index contributed by atoms with van der Waals surface area (Å²) in [7, 11) is 2.18. The lowest BCUT2D eigenvalue weighted by atomic mass is 10.1. The van der Waals surface area contributed by atoms with E-state index in [2.05, 4.69) is 52.9 Å². The highest BCUT2D eigenvalue weighted by Gasteiger charge is 2.17. The van der Waals surface area contributed by atoms with Crippen LogP contribution in [0.25, 0.3) is 22.4 Å². The van der Waals surface area contributed by atoms with Gasteiger partial charge in [-0.25, -0.2) is 4.98 Å². The smallest absolute Gasteiger partial charge is 0.141 e. The molecule has 0 unspecified atom stereocenters. The number of imidazole rings is 1. The Morgan fingerprint density at radius 2 is 1.96 bits per heavy atom. The van der Waals surface area contributed by atoms with Crippen LogP contribution in [0.15, 0.2) is 24.5 Å². The maximum absolute atomic E-state index is 4.79. The fraction of sp³-hybridized carbons (Fsp3) is 0.444. The van der Waals surface area contributed by atoms with Crippen LogP contribution in [0.4, 0.5) is 5.69 Å². The highest BCUT2D eigenvalue weighted by molar-refractivity contribution is 5.85. The van der Waals surface area contributed by atoms with Gasteiger partial charge in [-0.2, -0.15) is 5.10 Å². The summed E-state index contributed by atoms with van der Waals surface area (Å²) in [5, 5.41) is 4.35. The lowest BCUT2D eigenvalue weighted by molar-refractivity contribution is 0.313. The molecular formula is C18H24N6. The molecule has 0 atom stereocenters. The third kappa shape index (κ3) is 2.67. The van der Waals surface area contributed by atoms with Gasteiger partial charge in [-0.15, -0.1) is 0 Å². The van der Waals surface area contributed by atoms with Crippen LogP contribution in [0.1, 0.15) is 12.5 Å². The third-order valence-corrected chi connectivity index (χ3v) is 4.86. The van der Waals surface area contributed by atoms with Crippen LogP contribution in [-0.2, 0) is 6.54 Å². The summed E-state index contributed by atoms with van der Waals surface area (Å²) in [6, 6.07) is 4.49. The number of hydrogen-bond donors (Lipinski definition) is 1. The minimum Gasteiger partial charge on any atom is -0.369 e. The second kappa shape index (κ2) is 5.94. The maximum atomic E-state index is 4.79. The quantitative estimate of drug-likeness (QED) is 0.804. The molecule has 24 heavy (non-hydrogen) atoms. The molecule has 1 aliphatic heterocycles. The van der Waals surface area contributed by atoms with Gasteiger partial charge in [0.1, 0.15) is 5.82 Å². The number of fused-ring (bicyclic) bond motifs is 1. The molecule has 0 radical (unpaired) electrons. The van der Waals surface area contributed by atoms with Crippen LogP contribution in [-0.4, -0.2) is 57.9 Å². The second-order valence-electron chi connectivity index (χ2n) is 6.62. The minimum absolute atomic E-state index is 0.868. The minimum atomic E-state index is 0.868. The average Bonchev–Trinajstić information content (AvgIpc) is 3.22. The summed E-state index contributed by atoms with van der Waals surface area (Å²) in [5.41, 5.74) is 5.68. The zero-order valence-electron chi connectivity index (χ0n) is 14.6. The number of aromatic nitrogens is 4. The molecule has 1 aromatic carbocycles. The number of likely N-dealkylation sites (N-methyl/N-ethyl adjacent to an activating group) is 1. The molecule has 0 bridgehead atoms. The Morgan fingerprint density at radius 3 is 2.67 bits per heavy atom. The van der Waals surface area contributed by atoms with Crippen molar-refractivity contribution < 1.29 is 0 Å². The van der Waals surface area contributed by atoms with E-state index in [-0.39, 0.29) is 0 Å². The number of H-pyrrole nitrogens is 1. The lowest BCUT2D eigenvalue weighted by Crippen LogP contribution is -2.44. The molecule has 2 aromatic heterocycles. The van der Waals surface area contributed by atoms with E-state index >= 15 is 0 Å². The van der Waals surface area contributed by atoms with E-state index in [1.54, 1.807) is 0 Å². The predicted octanol–water partition coefficient (Wildman–Crippen LogP) is 2.51. The number of rotatable bonds is 3. The average molecular weight is 324 g/mol. The van der Waals surface area contributed by atoms with Gasteiger partial charge in [0.15, 0.2) is 0 Å². The van der Waals surface area contributed by atoms with E-state index in [4.69, 9.17) is 4.98 Å². The summed E-state index contributed by atoms with van der Waals surface area (Å²) in [4.78, 5) is 13.1. The molecule has 6 nitrogen and oxygen atoms in total. The standard InChI is InChI=1S/C18H24N6/c1-4-24-12-14(11-19-24)18-20-16-10-15(9-13(2)17(16)21-18)23-7-5-22(3)6-8-23/h9-12H,4-8H2,1-3H3,(H,20,21). The van der Waals surface area contributed by atoms with Gasteiger partial charge in [0.25, 0.3) is 0 Å². The molecular weight excluding hydrogens is 300 g/mol. The van der Waals surface area contributed by atoms with Crippen LogP contribution < -0.4 is 4.90 Å². The molecule has 0 spiro atoms. The molecule has 3 heterocycles. The topological polar surface area (TPSA) is 53.0 Å². The van der Waals surface area contributed by atoms with E-state index < -0.39 is 0 Å². The van der Waals surface area contributed by atoms with Crippen molar-refractivity contribution in [3.05, 3.63) is 30.1 Å². The molecule has 4 rings (SSSR count). The predicted molar refractivity (Wildman–Crippen MR) is 97.4 cm³/mol.